The molecular formula is C12H14O4. The summed E-state index contributed by atoms with van der Waals surface area (Å²) in [7, 11) is 0. The van der Waals surface area contributed by atoms with Crippen molar-refractivity contribution in [3.63, 3.8) is 0 Å². The molecule has 1 aromatic rings. The highest BCUT2D eigenvalue weighted by molar-refractivity contribution is 6.38. The Kier molecular flexibility index (Phi) is 4.82. The van der Waals surface area contributed by atoms with E-state index in [1.54, 1.807) is 0 Å². The highest BCUT2D eigenvalue weighted by Gasteiger charge is 2.21. The summed E-state index contributed by atoms with van der Waals surface area (Å²) in [6.07, 6.45) is -1.06. The number of aryl methyl sites for hydroxylation is 1. The maximum atomic E-state index is 11.3. The van der Waals surface area contributed by atoms with Crippen LogP contribution in [-0.2, 0) is 16.0 Å². The lowest BCUT2D eigenvalue weighted by Gasteiger charge is -2.04. The van der Waals surface area contributed by atoms with Crippen LogP contribution in [0.25, 0.3) is 0 Å². The van der Waals surface area contributed by atoms with Crippen LogP contribution in [0.5, 0.6) is 0 Å². The van der Waals surface area contributed by atoms with Gasteiger partial charge in [-0.1, -0.05) is 30.3 Å². The number of carbonyl (C=O) groups excluding carboxylic acids is 2. The minimum atomic E-state index is -1.58. The second-order valence-electron chi connectivity index (χ2n) is 3.47. The molecule has 2 N–H and O–H groups in total. The summed E-state index contributed by atoms with van der Waals surface area (Å²) in [6.45, 7) is -0.712. The van der Waals surface area contributed by atoms with Crippen LogP contribution in [-0.4, -0.2) is 34.5 Å². The molecule has 1 aromatic carbocycles. The van der Waals surface area contributed by atoms with Crippen LogP contribution in [0.15, 0.2) is 30.3 Å². The summed E-state index contributed by atoms with van der Waals surface area (Å²) in [6, 6.07) is 9.29. The summed E-state index contributed by atoms with van der Waals surface area (Å²) >= 11 is 0. The van der Waals surface area contributed by atoms with Gasteiger partial charge in [0, 0.05) is 6.42 Å². The number of rotatable bonds is 6. The van der Waals surface area contributed by atoms with Gasteiger partial charge in [0.05, 0.1) is 6.61 Å². The van der Waals surface area contributed by atoms with Crippen molar-refractivity contribution >= 4 is 11.6 Å². The van der Waals surface area contributed by atoms with E-state index in [-0.39, 0.29) is 6.42 Å². The van der Waals surface area contributed by atoms with Crippen molar-refractivity contribution in [1.29, 1.82) is 0 Å². The fourth-order valence-corrected chi connectivity index (χ4v) is 1.29. The number of aliphatic hydroxyl groups excluding tert-OH is 2. The number of ketones is 2. The van der Waals surface area contributed by atoms with Gasteiger partial charge in [-0.05, 0) is 12.0 Å². The lowest BCUT2D eigenvalue weighted by atomic mass is 10.0. The van der Waals surface area contributed by atoms with E-state index in [1.807, 2.05) is 30.3 Å². The van der Waals surface area contributed by atoms with Gasteiger partial charge in [-0.15, -0.1) is 0 Å². The van der Waals surface area contributed by atoms with E-state index >= 15 is 0 Å². The molecule has 0 aliphatic carbocycles. The van der Waals surface area contributed by atoms with E-state index in [1.165, 1.54) is 0 Å². The fraction of sp³-hybridized carbons (Fsp3) is 0.333. The first kappa shape index (κ1) is 12.5. The van der Waals surface area contributed by atoms with E-state index in [0.29, 0.717) is 6.42 Å². The molecule has 0 bridgehead atoms. The zero-order valence-corrected chi connectivity index (χ0v) is 8.80. The van der Waals surface area contributed by atoms with Gasteiger partial charge in [0.1, 0.15) is 6.10 Å². The average Bonchev–Trinajstić information content (AvgIpc) is 2.35. The summed E-state index contributed by atoms with van der Waals surface area (Å²) in [5, 5.41) is 17.5. The molecule has 0 heterocycles. The zero-order valence-electron chi connectivity index (χ0n) is 8.80. The molecule has 0 radical (unpaired) electrons. The van der Waals surface area contributed by atoms with Gasteiger partial charge in [-0.25, -0.2) is 0 Å². The van der Waals surface area contributed by atoms with E-state index in [4.69, 9.17) is 10.2 Å². The fourth-order valence-electron chi connectivity index (χ4n) is 1.29. The second kappa shape index (κ2) is 6.15. The summed E-state index contributed by atoms with van der Waals surface area (Å²) < 4.78 is 0. The molecule has 0 spiro atoms. The Labute approximate surface area is 93.5 Å². The van der Waals surface area contributed by atoms with E-state index in [0.717, 1.165) is 5.56 Å². The number of Topliss-reactive ketones (excluding diaryl/α,β-unsaturated/α-hetero) is 2. The number of carbonyl (C=O) groups is 2. The van der Waals surface area contributed by atoms with Crippen LogP contribution in [0, 0.1) is 0 Å². The molecule has 86 valence electrons. The van der Waals surface area contributed by atoms with E-state index < -0.39 is 24.3 Å². The van der Waals surface area contributed by atoms with Gasteiger partial charge in [0.25, 0.3) is 0 Å². The number of aliphatic hydroxyl groups is 2. The van der Waals surface area contributed by atoms with E-state index in [9.17, 15) is 9.59 Å². The first-order chi connectivity index (χ1) is 7.65. The number of hydrogen-bond donors (Lipinski definition) is 2. The van der Waals surface area contributed by atoms with Gasteiger partial charge < -0.3 is 10.2 Å². The van der Waals surface area contributed by atoms with Crippen molar-refractivity contribution in [1.82, 2.24) is 0 Å². The van der Waals surface area contributed by atoms with Gasteiger partial charge >= 0.3 is 0 Å². The average molecular weight is 222 g/mol. The molecule has 1 rings (SSSR count). The predicted octanol–water partition coefficient (Wildman–Crippen LogP) is 0.111. The third kappa shape index (κ3) is 3.56. The molecule has 0 aromatic heterocycles. The standard InChI is InChI=1S/C12H14O4/c13-8-11(15)12(16)10(14)7-6-9-4-2-1-3-5-9/h1-5,11,13,15H,6-8H2/t11-/m0/s1. The minimum Gasteiger partial charge on any atom is -0.393 e. The van der Waals surface area contributed by atoms with Gasteiger partial charge in [0.15, 0.2) is 0 Å². The Morgan fingerprint density at radius 2 is 1.81 bits per heavy atom. The second-order valence-corrected chi connectivity index (χ2v) is 3.47. The maximum Gasteiger partial charge on any atom is 0.229 e. The van der Waals surface area contributed by atoms with Gasteiger partial charge in [0.2, 0.25) is 11.6 Å². The smallest absolute Gasteiger partial charge is 0.229 e. The number of hydrogen-bond acceptors (Lipinski definition) is 4. The molecular weight excluding hydrogens is 208 g/mol. The Bertz CT molecular complexity index is 359. The topological polar surface area (TPSA) is 74.6 Å². The molecule has 4 heteroatoms. The van der Waals surface area contributed by atoms with Crippen molar-refractivity contribution in [2.75, 3.05) is 6.61 Å². The Balaban J connectivity index is 2.44. The third-order valence-corrected chi connectivity index (χ3v) is 2.23. The van der Waals surface area contributed by atoms with Crippen LogP contribution < -0.4 is 0 Å². The SMILES string of the molecule is O=C(CCc1ccccc1)C(=O)[C@@H](O)CO. The highest BCUT2D eigenvalue weighted by atomic mass is 16.3. The molecule has 0 unspecified atom stereocenters. The van der Waals surface area contributed by atoms with Crippen molar-refractivity contribution in [2.24, 2.45) is 0 Å². The van der Waals surface area contributed by atoms with Gasteiger partial charge in [-0.2, -0.15) is 0 Å². The Morgan fingerprint density at radius 3 is 2.38 bits per heavy atom. The normalized spacial score (nSPS) is 12.1. The Hall–Kier alpha value is -1.52. The molecule has 4 nitrogen and oxygen atoms in total. The summed E-state index contributed by atoms with van der Waals surface area (Å²) in [5.41, 5.74) is 0.960. The van der Waals surface area contributed by atoms with E-state index in [2.05, 4.69) is 0 Å². The molecule has 0 aliphatic heterocycles. The predicted molar refractivity (Wildman–Crippen MR) is 57.9 cm³/mol. The highest BCUT2D eigenvalue weighted by Crippen LogP contribution is 2.03. The summed E-state index contributed by atoms with van der Waals surface area (Å²) in [4.78, 5) is 22.4. The molecule has 1 atom stereocenters. The molecule has 16 heavy (non-hydrogen) atoms. The molecule has 0 saturated carbocycles. The van der Waals surface area contributed by atoms with Crippen LogP contribution >= 0.6 is 0 Å². The third-order valence-electron chi connectivity index (χ3n) is 2.23. The molecule has 0 fully saturated rings. The lowest BCUT2D eigenvalue weighted by molar-refractivity contribution is -0.142. The van der Waals surface area contributed by atoms with Crippen LogP contribution in [0.4, 0.5) is 0 Å². The molecule has 0 saturated heterocycles. The van der Waals surface area contributed by atoms with Crippen LogP contribution in [0.1, 0.15) is 12.0 Å². The minimum absolute atomic E-state index is 0.0555. The van der Waals surface area contributed by atoms with Crippen molar-refractivity contribution in [3.8, 4) is 0 Å². The van der Waals surface area contributed by atoms with Crippen LogP contribution in [0.2, 0.25) is 0 Å². The van der Waals surface area contributed by atoms with Crippen molar-refractivity contribution < 1.29 is 19.8 Å². The summed E-state index contributed by atoms with van der Waals surface area (Å²) in [5.74, 6) is -1.57. The van der Waals surface area contributed by atoms with Gasteiger partial charge in [-0.3, -0.25) is 9.59 Å². The Morgan fingerprint density at radius 1 is 1.19 bits per heavy atom. The number of benzene rings is 1. The molecule has 0 aliphatic rings. The van der Waals surface area contributed by atoms with Crippen LogP contribution in [0.3, 0.4) is 0 Å². The quantitative estimate of drug-likeness (QED) is 0.670. The first-order valence-corrected chi connectivity index (χ1v) is 5.05. The first-order valence-electron chi connectivity index (χ1n) is 5.05. The maximum absolute atomic E-state index is 11.3. The van der Waals surface area contributed by atoms with Crippen molar-refractivity contribution in [3.05, 3.63) is 35.9 Å². The molecule has 0 amide bonds. The van der Waals surface area contributed by atoms with Crippen molar-refractivity contribution in [2.45, 2.75) is 18.9 Å². The monoisotopic (exact) mass is 222 g/mol. The zero-order chi connectivity index (χ0) is 12.0. The largest absolute Gasteiger partial charge is 0.393 e. The lowest BCUT2D eigenvalue weighted by Crippen LogP contribution is -2.31.